The van der Waals surface area contributed by atoms with Gasteiger partial charge < -0.3 is 4.90 Å². The van der Waals surface area contributed by atoms with Crippen LogP contribution in [0.1, 0.15) is 32.4 Å². The van der Waals surface area contributed by atoms with Crippen molar-refractivity contribution in [3.8, 4) is 0 Å². The topological polar surface area (TPSA) is 75.2 Å². The number of rotatable bonds is 8. The zero-order valence-corrected chi connectivity index (χ0v) is 22.2. The number of aromatic nitrogens is 2. The summed E-state index contributed by atoms with van der Waals surface area (Å²) in [7, 11) is 0. The molecule has 3 aromatic carbocycles. The normalized spacial score (nSPS) is 15.3. The molecular weight excluding hydrogens is 532 g/mol. The Hall–Kier alpha value is -2.85. The van der Waals surface area contributed by atoms with E-state index in [0.29, 0.717) is 28.0 Å². The number of anilines is 1. The van der Waals surface area contributed by atoms with Gasteiger partial charge in [0.2, 0.25) is 11.0 Å². The smallest absolute Gasteiger partial charge is 0.257 e. The average Bonchev–Trinajstić information content (AvgIpc) is 3.51. The van der Waals surface area contributed by atoms with Crippen LogP contribution in [0.25, 0.3) is 0 Å². The van der Waals surface area contributed by atoms with Gasteiger partial charge in [0.1, 0.15) is 5.37 Å². The lowest BCUT2D eigenvalue weighted by Gasteiger charge is -2.24. The van der Waals surface area contributed by atoms with Crippen LogP contribution < -0.4 is 5.32 Å². The summed E-state index contributed by atoms with van der Waals surface area (Å²) in [6.45, 7) is 0.511. The SMILES string of the molecule is O=C(Nc1nnc(SCc2ccccc2)s1)c1ccc([C@@H]2SCC(=O)N2Cc2ccc(Cl)cc2)cc1. The van der Waals surface area contributed by atoms with Gasteiger partial charge in [-0.25, -0.2) is 0 Å². The first-order valence-electron chi connectivity index (χ1n) is 11.1. The van der Waals surface area contributed by atoms with Crippen LogP contribution in [0, 0.1) is 0 Å². The van der Waals surface area contributed by atoms with Gasteiger partial charge in [-0.05, 0) is 41.0 Å². The van der Waals surface area contributed by atoms with Crippen molar-refractivity contribution in [3.05, 3.63) is 106 Å². The summed E-state index contributed by atoms with van der Waals surface area (Å²) in [6.07, 6.45) is 0. The first kappa shape index (κ1) is 24.8. The lowest BCUT2D eigenvalue weighted by atomic mass is 10.1. The highest BCUT2D eigenvalue weighted by Crippen LogP contribution is 2.39. The number of nitrogens with one attached hydrogen (secondary N) is 1. The van der Waals surface area contributed by atoms with E-state index in [1.54, 1.807) is 35.7 Å². The largest absolute Gasteiger partial charge is 0.322 e. The summed E-state index contributed by atoms with van der Waals surface area (Å²) in [6, 6.07) is 25.0. The number of hydrogen-bond donors (Lipinski definition) is 1. The molecule has 0 saturated carbocycles. The van der Waals surface area contributed by atoms with Crippen LogP contribution in [-0.4, -0.2) is 32.7 Å². The fourth-order valence-corrected chi connectivity index (χ4v) is 6.71. The van der Waals surface area contributed by atoms with Crippen molar-refractivity contribution in [1.29, 1.82) is 0 Å². The minimum absolute atomic E-state index is 0.0963. The predicted octanol–water partition coefficient (Wildman–Crippen LogP) is 6.51. The average molecular weight is 553 g/mol. The minimum Gasteiger partial charge on any atom is -0.322 e. The number of halogens is 1. The molecule has 1 aliphatic heterocycles. The van der Waals surface area contributed by atoms with Gasteiger partial charge >= 0.3 is 0 Å². The van der Waals surface area contributed by atoms with E-state index in [1.165, 1.54) is 16.9 Å². The maximum atomic E-state index is 12.8. The minimum atomic E-state index is -0.245. The van der Waals surface area contributed by atoms with E-state index in [-0.39, 0.29) is 17.2 Å². The van der Waals surface area contributed by atoms with Crippen molar-refractivity contribution in [1.82, 2.24) is 15.1 Å². The number of carbonyl (C=O) groups is 2. The second-order valence-electron chi connectivity index (χ2n) is 8.03. The maximum Gasteiger partial charge on any atom is 0.257 e. The molecule has 0 bridgehead atoms. The molecule has 36 heavy (non-hydrogen) atoms. The van der Waals surface area contributed by atoms with Gasteiger partial charge in [0.15, 0.2) is 4.34 Å². The van der Waals surface area contributed by atoms with Crippen LogP contribution in [0.3, 0.4) is 0 Å². The molecule has 0 aliphatic carbocycles. The summed E-state index contributed by atoms with van der Waals surface area (Å²) in [5.74, 6) is 1.08. The van der Waals surface area contributed by atoms with Crippen molar-refractivity contribution in [2.24, 2.45) is 0 Å². The highest BCUT2D eigenvalue weighted by atomic mass is 35.5. The maximum absolute atomic E-state index is 12.8. The summed E-state index contributed by atoms with van der Waals surface area (Å²) in [5, 5.41) is 12.1. The monoisotopic (exact) mass is 552 g/mol. The van der Waals surface area contributed by atoms with E-state index in [9.17, 15) is 9.59 Å². The third-order valence-corrected chi connectivity index (χ3v) is 9.08. The standard InChI is InChI=1S/C26H21ClN4O2S3/c27-21-12-6-17(7-13-21)14-31-22(32)16-34-24(31)20-10-8-19(9-11-20)23(33)28-25-29-30-26(36-25)35-15-18-4-2-1-3-5-18/h1-13,24H,14-16H2,(H,28,29,33)/t24-/m0/s1. The summed E-state index contributed by atoms with van der Waals surface area (Å²) in [4.78, 5) is 27.2. The molecule has 0 spiro atoms. The van der Waals surface area contributed by atoms with E-state index in [1.807, 2.05) is 59.5 Å². The number of amides is 2. The van der Waals surface area contributed by atoms with Crippen LogP contribution in [-0.2, 0) is 17.1 Å². The number of thioether (sulfide) groups is 2. The molecule has 10 heteroatoms. The van der Waals surface area contributed by atoms with Crippen LogP contribution in [0.5, 0.6) is 0 Å². The van der Waals surface area contributed by atoms with E-state index in [4.69, 9.17) is 11.6 Å². The van der Waals surface area contributed by atoms with Crippen LogP contribution in [0.15, 0.2) is 83.2 Å². The Kier molecular flexibility index (Phi) is 7.91. The van der Waals surface area contributed by atoms with Crippen LogP contribution >= 0.6 is 46.5 Å². The van der Waals surface area contributed by atoms with Gasteiger partial charge in [-0.1, -0.05) is 89.3 Å². The third-order valence-electron chi connectivity index (χ3n) is 5.52. The molecule has 1 saturated heterocycles. The van der Waals surface area contributed by atoms with Crippen LogP contribution in [0.4, 0.5) is 5.13 Å². The van der Waals surface area contributed by atoms with Crippen molar-refractivity contribution in [2.45, 2.75) is 22.0 Å². The fourth-order valence-electron chi connectivity index (χ4n) is 3.69. The third kappa shape index (κ3) is 6.10. The van der Waals surface area contributed by atoms with Crippen molar-refractivity contribution < 1.29 is 9.59 Å². The lowest BCUT2D eigenvalue weighted by molar-refractivity contribution is -0.128. The molecule has 5 rings (SSSR count). The highest BCUT2D eigenvalue weighted by molar-refractivity contribution is 8.00. The lowest BCUT2D eigenvalue weighted by Crippen LogP contribution is -2.27. The van der Waals surface area contributed by atoms with Gasteiger partial charge in [-0.15, -0.1) is 22.0 Å². The molecule has 1 aromatic heterocycles. The quantitative estimate of drug-likeness (QED) is 0.198. The Morgan fingerprint density at radius 1 is 1.00 bits per heavy atom. The van der Waals surface area contributed by atoms with E-state index < -0.39 is 0 Å². The number of hydrogen-bond acceptors (Lipinski definition) is 7. The predicted molar refractivity (Wildman–Crippen MR) is 148 cm³/mol. The molecule has 2 heterocycles. The van der Waals surface area contributed by atoms with Gasteiger partial charge in [0.25, 0.3) is 5.91 Å². The van der Waals surface area contributed by atoms with E-state index in [0.717, 1.165) is 21.2 Å². The van der Waals surface area contributed by atoms with Crippen LogP contribution in [0.2, 0.25) is 5.02 Å². The van der Waals surface area contributed by atoms with Gasteiger partial charge in [-0.2, -0.15) is 0 Å². The van der Waals surface area contributed by atoms with Crippen molar-refractivity contribution >= 4 is 63.4 Å². The van der Waals surface area contributed by atoms with Gasteiger partial charge in [-0.3, -0.25) is 14.9 Å². The molecule has 1 atom stereocenters. The molecule has 0 unspecified atom stereocenters. The highest BCUT2D eigenvalue weighted by Gasteiger charge is 2.32. The molecule has 1 aliphatic rings. The Morgan fingerprint density at radius 3 is 2.50 bits per heavy atom. The van der Waals surface area contributed by atoms with E-state index >= 15 is 0 Å². The molecular formula is C26H21ClN4O2S3. The van der Waals surface area contributed by atoms with E-state index in [2.05, 4.69) is 27.6 Å². The summed E-state index contributed by atoms with van der Waals surface area (Å²) >= 11 is 10.5. The van der Waals surface area contributed by atoms with Crippen molar-refractivity contribution in [3.63, 3.8) is 0 Å². The number of benzene rings is 3. The first-order valence-corrected chi connectivity index (χ1v) is 14.3. The van der Waals surface area contributed by atoms with Gasteiger partial charge in [0, 0.05) is 22.9 Å². The Balaban J connectivity index is 1.20. The van der Waals surface area contributed by atoms with Gasteiger partial charge in [0.05, 0.1) is 5.75 Å². The Bertz CT molecular complexity index is 1350. The molecule has 1 fully saturated rings. The summed E-state index contributed by atoms with van der Waals surface area (Å²) < 4.78 is 0.799. The number of nitrogens with zero attached hydrogens (tertiary/aromatic N) is 3. The first-order chi connectivity index (χ1) is 17.5. The fraction of sp³-hybridized carbons (Fsp3) is 0.154. The molecule has 0 radical (unpaired) electrons. The zero-order chi connectivity index (χ0) is 24.9. The molecule has 4 aromatic rings. The second kappa shape index (κ2) is 11.5. The Morgan fingerprint density at radius 2 is 1.75 bits per heavy atom. The second-order valence-corrected chi connectivity index (χ2v) is 11.7. The Labute approximate surface area is 226 Å². The molecule has 6 nitrogen and oxygen atoms in total. The molecule has 2 amide bonds. The zero-order valence-electron chi connectivity index (χ0n) is 19.0. The molecule has 1 N–H and O–H groups in total. The van der Waals surface area contributed by atoms with Crippen molar-refractivity contribution in [2.75, 3.05) is 11.1 Å². The summed E-state index contributed by atoms with van der Waals surface area (Å²) in [5.41, 5.74) is 3.73. The number of carbonyl (C=O) groups excluding carboxylic acids is 2. The molecule has 182 valence electrons.